The fourth-order valence-corrected chi connectivity index (χ4v) is 3.71. The van der Waals surface area contributed by atoms with Gasteiger partial charge in [0.15, 0.2) is 5.13 Å². The van der Waals surface area contributed by atoms with Crippen LogP contribution in [0.4, 0.5) is 9.52 Å². The molecule has 0 aliphatic carbocycles. The van der Waals surface area contributed by atoms with Gasteiger partial charge in [-0.15, -0.1) is 11.3 Å². The zero-order chi connectivity index (χ0) is 20.8. The van der Waals surface area contributed by atoms with Gasteiger partial charge in [-0.25, -0.2) is 9.37 Å². The molecular weight excluding hydrogens is 395 g/mol. The van der Waals surface area contributed by atoms with E-state index >= 15 is 0 Å². The molecule has 1 aliphatic rings. The summed E-state index contributed by atoms with van der Waals surface area (Å²) in [7, 11) is 0. The predicted molar refractivity (Wildman–Crippen MR) is 109 cm³/mol. The molecule has 0 bridgehead atoms. The molecule has 2 aromatic rings. The van der Waals surface area contributed by atoms with Gasteiger partial charge in [0.05, 0.1) is 24.5 Å². The van der Waals surface area contributed by atoms with Crippen LogP contribution in [0.15, 0.2) is 29.6 Å². The van der Waals surface area contributed by atoms with Gasteiger partial charge >= 0.3 is 0 Å². The van der Waals surface area contributed by atoms with Gasteiger partial charge in [0, 0.05) is 25.0 Å². The number of ether oxygens (including phenoxy) is 1. The quantitative estimate of drug-likeness (QED) is 0.719. The Morgan fingerprint density at radius 2 is 2.00 bits per heavy atom. The van der Waals surface area contributed by atoms with Gasteiger partial charge in [0.2, 0.25) is 5.91 Å². The number of carbonyl (C=O) groups excluding carboxylic acids is 2. The number of thiazole rings is 1. The standard InChI is InChI=1S/C20H25FN4O3S/c1-13(2)17(23-18(26)15-5-3-4-6-16(15)21)19(27)24-20-22-14(12-29-20)11-25-7-9-28-10-8-25/h3-6,12-13,17H,7-11H2,1-2H3,(H,23,26)(H,22,24,27). The largest absolute Gasteiger partial charge is 0.379 e. The molecule has 0 saturated carbocycles. The number of aromatic nitrogens is 1. The molecule has 0 radical (unpaired) electrons. The Kier molecular flexibility index (Phi) is 7.29. The highest BCUT2D eigenvalue weighted by Crippen LogP contribution is 2.18. The third-order valence-electron chi connectivity index (χ3n) is 4.63. The highest BCUT2D eigenvalue weighted by Gasteiger charge is 2.26. The van der Waals surface area contributed by atoms with E-state index in [2.05, 4.69) is 20.5 Å². The van der Waals surface area contributed by atoms with Crippen molar-refractivity contribution in [3.8, 4) is 0 Å². The van der Waals surface area contributed by atoms with Crippen LogP contribution in [0.25, 0.3) is 0 Å². The van der Waals surface area contributed by atoms with Crippen LogP contribution in [0.1, 0.15) is 29.9 Å². The van der Waals surface area contributed by atoms with E-state index in [0.29, 0.717) is 24.9 Å². The fraction of sp³-hybridized carbons (Fsp3) is 0.450. The van der Waals surface area contributed by atoms with Gasteiger partial charge < -0.3 is 15.4 Å². The first kappa shape index (κ1) is 21.4. The summed E-state index contributed by atoms with van der Waals surface area (Å²) >= 11 is 1.34. The Morgan fingerprint density at radius 3 is 2.69 bits per heavy atom. The van der Waals surface area contributed by atoms with Crippen molar-refractivity contribution in [3.63, 3.8) is 0 Å². The molecule has 1 atom stereocenters. The van der Waals surface area contributed by atoms with Gasteiger partial charge in [-0.05, 0) is 18.1 Å². The Hall–Kier alpha value is -2.36. The minimum Gasteiger partial charge on any atom is -0.379 e. The van der Waals surface area contributed by atoms with Gasteiger partial charge in [0.25, 0.3) is 5.91 Å². The lowest BCUT2D eigenvalue weighted by Crippen LogP contribution is -2.47. The number of carbonyl (C=O) groups is 2. The first-order valence-electron chi connectivity index (χ1n) is 9.55. The lowest BCUT2D eigenvalue weighted by atomic mass is 10.0. The van der Waals surface area contributed by atoms with Crippen molar-refractivity contribution in [2.24, 2.45) is 5.92 Å². The number of morpholine rings is 1. The smallest absolute Gasteiger partial charge is 0.254 e. The van der Waals surface area contributed by atoms with E-state index in [4.69, 9.17) is 4.74 Å². The molecule has 7 nitrogen and oxygen atoms in total. The minimum atomic E-state index is -0.811. The number of nitrogens with one attached hydrogen (secondary N) is 2. The number of anilines is 1. The lowest BCUT2D eigenvalue weighted by molar-refractivity contribution is -0.118. The van der Waals surface area contributed by atoms with Crippen LogP contribution in [0.3, 0.4) is 0 Å². The van der Waals surface area contributed by atoms with E-state index in [9.17, 15) is 14.0 Å². The summed E-state index contributed by atoms with van der Waals surface area (Å²) in [4.78, 5) is 31.8. The summed E-state index contributed by atoms with van der Waals surface area (Å²) in [5, 5.41) is 7.79. The minimum absolute atomic E-state index is 0.0898. The molecule has 1 unspecified atom stereocenters. The number of nitrogens with zero attached hydrogens (tertiary/aromatic N) is 2. The molecule has 9 heteroatoms. The molecular formula is C20H25FN4O3S. The molecule has 2 amide bonds. The van der Waals surface area contributed by atoms with Crippen molar-refractivity contribution < 1.29 is 18.7 Å². The van der Waals surface area contributed by atoms with Crippen molar-refractivity contribution >= 4 is 28.3 Å². The van der Waals surface area contributed by atoms with Crippen LogP contribution in [-0.4, -0.2) is 54.0 Å². The van der Waals surface area contributed by atoms with Crippen molar-refractivity contribution in [2.75, 3.05) is 31.6 Å². The first-order chi connectivity index (χ1) is 13.9. The molecule has 2 heterocycles. The third-order valence-corrected chi connectivity index (χ3v) is 5.43. The number of amides is 2. The topological polar surface area (TPSA) is 83.6 Å². The lowest BCUT2D eigenvalue weighted by Gasteiger charge is -2.25. The van der Waals surface area contributed by atoms with Crippen molar-refractivity contribution in [1.82, 2.24) is 15.2 Å². The summed E-state index contributed by atoms with van der Waals surface area (Å²) in [6, 6.07) is 4.88. The maximum Gasteiger partial charge on any atom is 0.254 e. The first-order valence-corrected chi connectivity index (χ1v) is 10.4. The average molecular weight is 421 g/mol. The Labute approximate surface area is 173 Å². The maximum atomic E-state index is 13.9. The number of hydrogen-bond acceptors (Lipinski definition) is 6. The van der Waals surface area contributed by atoms with E-state index in [0.717, 1.165) is 18.8 Å². The Morgan fingerprint density at radius 1 is 1.28 bits per heavy atom. The van der Waals surface area contributed by atoms with Crippen LogP contribution >= 0.6 is 11.3 Å². The molecule has 2 N–H and O–H groups in total. The molecule has 1 aromatic carbocycles. The van der Waals surface area contributed by atoms with Crippen LogP contribution in [0.2, 0.25) is 0 Å². The second-order valence-corrected chi connectivity index (χ2v) is 8.05. The van der Waals surface area contributed by atoms with Gasteiger partial charge in [0.1, 0.15) is 11.9 Å². The summed E-state index contributed by atoms with van der Waals surface area (Å²) in [5.41, 5.74) is 0.789. The van der Waals surface area contributed by atoms with Crippen LogP contribution in [-0.2, 0) is 16.1 Å². The normalized spacial score (nSPS) is 15.9. The number of benzene rings is 1. The maximum absolute atomic E-state index is 13.9. The monoisotopic (exact) mass is 420 g/mol. The molecule has 0 spiro atoms. The molecule has 1 aromatic heterocycles. The summed E-state index contributed by atoms with van der Waals surface area (Å²) in [6.07, 6.45) is 0. The second-order valence-electron chi connectivity index (χ2n) is 7.20. The van der Waals surface area contributed by atoms with Crippen molar-refractivity contribution in [3.05, 3.63) is 46.7 Å². The van der Waals surface area contributed by atoms with Gasteiger partial charge in [-0.3, -0.25) is 14.5 Å². The SMILES string of the molecule is CC(C)C(NC(=O)c1ccccc1F)C(=O)Nc1nc(CN2CCOCC2)cs1. The molecule has 1 saturated heterocycles. The summed E-state index contributed by atoms with van der Waals surface area (Å²) in [6.45, 7) is 7.48. The van der Waals surface area contributed by atoms with Crippen LogP contribution in [0.5, 0.6) is 0 Å². The molecule has 156 valence electrons. The van der Waals surface area contributed by atoms with E-state index in [1.165, 1.54) is 29.5 Å². The second kappa shape index (κ2) is 9.91. The van der Waals surface area contributed by atoms with Gasteiger partial charge in [-0.2, -0.15) is 0 Å². The molecule has 1 aliphatic heterocycles. The summed E-state index contributed by atoms with van der Waals surface area (Å²) < 4.78 is 19.2. The highest BCUT2D eigenvalue weighted by atomic mass is 32.1. The zero-order valence-corrected chi connectivity index (χ0v) is 17.3. The van der Waals surface area contributed by atoms with E-state index in [1.54, 1.807) is 6.07 Å². The number of rotatable bonds is 7. The molecule has 1 fully saturated rings. The predicted octanol–water partition coefficient (Wildman–Crippen LogP) is 2.51. The Balaban J connectivity index is 1.61. The van der Waals surface area contributed by atoms with Crippen molar-refractivity contribution in [2.45, 2.75) is 26.4 Å². The molecule has 29 heavy (non-hydrogen) atoms. The van der Waals surface area contributed by atoms with Crippen LogP contribution < -0.4 is 10.6 Å². The van der Waals surface area contributed by atoms with Gasteiger partial charge in [-0.1, -0.05) is 26.0 Å². The van der Waals surface area contributed by atoms with Crippen molar-refractivity contribution in [1.29, 1.82) is 0 Å². The number of hydrogen-bond donors (Lipinski definition) is 2. The average Bonchev–Trinajstić information content (AvgIpc) is 3.13. The summed E-state index contributed by atoms with van der Waals surface area (Å²) in [5.74, 6) is -1.81. The molecule has 3 rings (SSSR count). The third kappa shape index (κ3) is 5.81. The Bertz CT molecular complexity index is 852. The zero-order valence-electron chi connectivity index (χ0n) is 16.5. The highest BCUT2D eigenvalue weighted by molar-refractivity contribution is 7.13. The number of halogens is 1. The van der Waals surface area contributed by atoms with E-state index in [1.807, 2.05) is 19.2 Å². The van der Waals surface area contributed by atoms with E-state index < -0.39 is 17.8 Å². The van der Waals surface area contributed by atoms with Crippen LogP contribution in [0, 0.1) is 11.7 Å². The fourth-order valence-electron chi connectivity index (χ4n) is 3.01. The van der Waals surface area contributed by atoms with E-state index in [-0.39, 0.29) is 17.4 Å².